The maximum atomic E-state index is 10.8. The molecule has 0 radical (unpaired) electrons. The highest BCUT2D eigenvalue weighted by Crippen LogP contribution is 2.20. The van der Waals surface area contributed by atoms with Crippen LogP contribution in [-0.4, -0.2) is 12.6 Å². The Kier molecular flexibility index (Phi) is 3.90. The van der Waals surface area contributed by atoms with Gasteiger partial charge in [0.05, 0.1) is 0 Å². The third-order valence-electron chi connectivity index (χ3n) is 2.66. The van der Waals surface area contributed by atoms with Crippen LogP contribution in [0.15, 0.2) is 42.5 Å². The van der Waals surface area contributed by atoms with E-state index in [1.165, 1.54) is 0 Å². The van der Waals surface area contributed by atoms with Crippen LogP contribution in [0.4, 0.5) is 0 Å². The van der Waals surface area contributed by atoms with Crippen LogP contribution >= 0.6 is 11.6 Å². The monoisotopic (exact) mass is 258 g/mol. The first-order chi connectivity index (χ1) is 8.72. The predicted molar refractivity (Wildman–Crippen MR) is 71.5 cm³/mol. The normalized spacial score (nSPS) is 10.1. The average Bonchev–Trinajstić information content (AvgIpc) is 2.41. The fourth-order valence-corrected chi connectivity index (χ4v) is 2.05. The van der Waals surface area contributed by atoms with Gasteiger partial charge in [-0.2, -0.15) is 0 Å². The van der Waals surface area contributed by atoms with E-state index in [4.69, 9.17) is 11.6 Å². The second kappa shape index (κ2) is 5.61. The fourth-order valence-electron chi connectivity index (χ4n) is 1.85. The van der Waals surface area contributed by atoms with Gasteiger partial charge in [-0.3, -0.25) is 9.59 Å². The molecule has 0 atom stereocenters. The third kappa shape index (κ3) is 2.84. The molecule has 0 unspecified atom stereocenters. The number of halogens is 1. The fraction of sp³-hybridized carbons (Fsp3) is 0.0667. The van der Waals surface area contributed by atoms with Crippen LogP contribution in [-0.2, 0) is 6.42 Å². The highest BCUT2D eigenvalue weighted by atomic mass is 35.5. The molecule has 2 aromatic rings. The van der Waals surface area contributed by atoms with Crippen molar-refractivity contribution in [2.75, 3.05) is 0 Å². The summed E-state index contributed by atoms with van der Waals surface area (Å²) in [6.07, 6.45) is 2.08. The Balaban J connectivity index is 2.37. The van der Waals surface area contributed by atoms with Crippen molar-refractivity contribution in [2.24, 2.45) is 0 Å². The second-order valence-electron chi connectivity index (χ2n) is 4.01. The van der Waals surface area contributed by atoms with Crippen molar-refractivity contribution in [1.29, 1.82) is 0 Å². The standard InChI is InChI=1S/C15H11ClO2/c16-15-4-2-1-3-14(15)8-11-5-12(9-17)7-13(6-11)10-18/h1-7,9-10H,8H2. The maximum Gasteiger partial charge on any atom is 0.150 e. The van der Waals surface area contributed by atoms with Gasteiger partial charge in [-0.25, -0.2) is 0 Å². The van der Waals surface area contributed by atoms with E-state index in [1.54, 1.807) is 18.2 Å². The number of rotatable bonds is 4. The van der Waals surface area contributed by atoms with Crippen molar-refractivity contribution in [1.82, 2.24) is 0 Å². The smallest absolute Gasteiger partial charge is 0.150 e. The minimum atomic E-state index is 0.502. The number of aldehydes is 2. The van der Waals surface area contributed by atoms with Crippen LogP contribution < -0.4 is 0 Å². The van der Waals surface area contributed by atoms with Gasteiger partial charge < -0.3 is 0 Å². The third-order valence-corrected chi connectivity index (χ3v) is 3.03. The van der Waals surface area contributed by atoms with Gasteiger partial charge in [0.25, 0.3) is 0 Å². The molecule has 2 aromatic carbocycles. The van der Waals surface area contributed by atoms with Crippen LogP contribution in [0.25, 0.3) is 0 Å². The maximum absolute atomic E-state index is 10.8. The highest BCUT2D eigenvalue weighted by Gasteiger charge is 2.04. The van der Waals surface area contributed by atoms with Gasteiger partial charge in [-0.05, 0) is 41.8 Å². The van der Waals surface area contributed by atoms with Gasteiger partial charge in [-0.15, -0.1) is 0 Å². The highest BCUT2D eigenvalue weighted by molar-refractivity contribution is 6.31. The van der Waals surface area contributed by atoms with E-state index in [2.05, 4.69) is 0 Å². The summed E-state index contributed by atoms with van der Waals surface area (Å²) in [5.74, 6) is 0. The second-order valence-corrected chi connectivity index (χ2v) is 4.42. The van der Waals surface area contributed by atoms with Gasteiger partial charge >= 0.3 is 0 Å². The van der Waals surface area contributed by atoms with E-state index in [9.17, 15) is 9.59 Å². The lowest BCUT2D eigenvalue weighted by Crippen LogP contribution is -1.94. The molecule has 90 valence electrons. The molecular weight excluding hydrogens is 248 g/mol. The number of carbonyl (C=O) groups excluding carboxylic acids is 2. The van der Waals surface area contributed by atoms with E-state index < -0.39 is 0 Å². The summed E-state index contributed by atoms with van der Waals surface area (Å²) in [5.41, 5.74) is 2.87. The van der Waals surface area contributed by atoms with Crippen LogP contribution in [0, 0.1) is 0 Å². The first kappa shape index (κ1) is 12.5. The van der Waals surface area contributed by atoms with Crippen LogP contribution in [0.1, 0.15) is 31.8 Å². The summed E-state index contributed by atoms with van der Waals surface area (Å²) < 4.78 is 0. The van der Waals surface area contributed by atoms with Crippen LogP contribution in [0.5, 0.6) is 0 Å². The molecule has 0 spiro atoms. The van der Waals surface area contributed by atoms with Crippen molar-refractivity contribution >= 4 is 24.2 Å². The molecule has 2 rings (SSSR count). The van der Waals surface area contributed by atoms with Crippen molar-refractivity contribution in [3.8, 4) is 0 Å². The lowest BCUT2D eigenvalue weighted by atomic mass is 10.0. The molecule has 2 nitrogen and oxygen atoms in total. The summed E-state index contributed by atoms with van der Waals surface area (Å²) >= 11 is 6.08. The summed E-state index contributed by atoms with van der Waals surface area (Å²) in [5, 5.41) is 0.682. The first-order valence-electron chi connectivity index (χ1n) is 5.50. The SMILES string of the molecule is O=Cc1cc(C=O)cc(Cc2ccccc2Cl)c1. The Morgan fingerprint density at radius 3 is 2.11 bits per heavy atom. The van der Waals surface area contributed by atoms with Gasteiger partial charge in [0, 0.05) is 16.1 Å². The molecule has 18 heavy (non-hydrogen) atoms. The lowest BCUT2D eigenvalue weighted by molar-refractivity contribution is 0.112. The molecule has 0 amide bonds. The first-order valence-corrected chi connectivity index (χ1v) is 5.88. The van der Waals surface area contributed by atoms with Crippen molar-refractivity contribution in [3.05, 3.63) is 69.7 Å². The minimum Gasteiger partial charge on any atom is -0.298 e. The molecule has 0 aliphatic rings. The Hall–Kier alpha value is -1.93. The van der Waals surface area contributed by atoms with Crippen LogP contribution in [0.3, 0.4) is 0 Å². The molecule has 0 N–H and O–H groups in total. The Morgan fingerprint density at radius 2 is 1.56 bits per heavy atom. The molecule has 0 fully saturated rings. The van der Waals surface area contributed by atoms with Gasteiger partial charge in [0.15, 0.2) is 0 Å². The Morgan fingerprint density at radius 1 is 0.944 bits per heavy atom. The topological polar surface area (TPSA) is 34.1 Å². The van der Waals surface area contributed by atoms with Crippen LogP contribution in [0.2, 0.25) is 5.02 Å². The lowest BCUT2D eigenvalue weighted by Gasteiger charge is -2.06. The number of carbonyl (C=O) groups is 2. The van der Waals surface area contributed by atoms with E-state index >= 15 is 0 Å². The average molecular weight is 259 g/mol. The Bertz CT molecular complexity index is 565. The molecule has 3 heteroatoms. The molecule has 0 aromatic heterocycles. The van der Waals surface area contributed by atoms with E-state index in [1.807, 2.05) is 24.3 Å². The Labute approximate surface area is 110 Å². The zero-order valence-electron chi connectivity index (χ0n) is 9.60. The summed E-state index contributed by atoms with van der Waals surface area (Å²) in [7, 11) is 0. The molecule has 0 aliphatic heterocycles. The van der Waals surface area contributed by atoms with Gasteiger partial charge in [0.2, 0.25) is 0 Å². The van der Waals surface area contributed by atoms with Crippen molar-refractivity contribution < 1.29 is 9.59 Å². The zero-order valence-corrected chi connectivity index (χ0v) is 10.4. The molecule has 0 heterocycles. The van der Waals surface area contributed by atoms with Crippen molar-refractivity contribution in [3.63, 3.8) is 0 Å². The molecular formula is C15H11ClO2. The predicted octanol–water partition coefficient (Wildman–Crippen LogP) is 3.56. The largest absolute Gasteiger partial charge is 0.298 e. The summed E-state index contributed by atoms with van der Waals surface area (Å²) in [6, 6.07) is 12.6. The van der Waals surface area contributed by atoms with E-state index in [-0.39, 0.29) is 0 Å². The molecule has 0 saturated heterocycles. The quantitative estimate of drug-likeness (QED) is 0.786. The number of hydrogen-bond acceptors (Lipinski definition) is 2. The number of benzene rings is 2. The van der Waals surface area contributed by atoms with Gasteiger partial charge in [0.1, 0.15) is 12.6 Å². The minimum absolute atomic E-state index is 0.502. The van der Waals surface area contributed by atoms with E-state index in [0.29, 0.717) is 22.6 Å². The molecule has 0 aliphatic carbocycles. The molecule has 0 bridgehead atoms. The zero-order chi connectivity index (χ0) is 13.0. The number of hydrogen-bond donors (Lipinski definition) is 0. The van der Waals surface area contributed by atoms with Gasteiger partial charge in [-0.1, -0.05) is 29.8 Å². The van der Waals surface area contributed by atoms with Crippen molar-refractivity contribution in [2.45, 2.75) is 6.42 Å². The summed E-state index contributed by atoms with van der Waals surface area (Å²) in [4.78, 5) is 21.6. The summed E-state index contributed by atoms with van der Waals surface area (Å²) in [6.45, 7) is 0. The van der Waals surface area contributed by atoms with E-state index in [0.717, 1.165) is 23.7 Å². The molecule has 0 saturated carbocycles.